The quantitative estimate of drug-likeness (QED) is 0.723. The number of anilines is 2. The zero-order valence-electron chi connectivity index (χ0n) is 11.6. The van der Waals surface area contributed by atoms with Gasteiger partial charge in [0.2, 0.25) is 0 Å². The molecule has 0 radical (unpaired) electrons. The van der Waals surface area contributed by atoms with Crippen LogP contribution in [0, 0.1) is 0 Å². The Bertz CT molecular complexity index is 531. The number of hydrogen-bond donors (Lipinski definition) is 2. The largest absolute Gasteiger partial charge is 0.359 e. The Labute approximate surface area is 129 Å². The second kappa shape index (κ2) is 7.92. The lowest BCUT2D eigenvalue weighted by Crippen LogP contribution is -1.94. The number of benzene rings is 2. The maximum absolute atomic E-state index is 3.30. The summed E-state index contributed by atoms with van der Waals surface area (Å²) in [5.41, 5.74) is 2.24. The molecule has 20 heavy (non-hydrogen) atoms. The van der Waals surface area contributed by atoms with Gasteiger partial charge in [-0.15, -0.1) is 23.5 Å². The molecule has 2 nitrogen and oxygen atoms in total. The van der Waals surface area contributed by atoms with E-state index in [4.69, 9.17) is 0 Å². The Morgan fingerprint density at radius 1 is 0.700 bits per heavy atom. The highest BCUT2D eigenvalue weighted by Gasteiger charge is 1.98. The van der Waals surface area contributed by atoms with Crippen LogP contribution in [-0.4, -0.2) is 12.5 Å². The van der Waals surface area contributed by atoms with E-state index in [2.05, 4.69) is 47.4 Å². The summed E-state index contributed by atoms with van der Waals surface area (Å²) in [4.78, 5) is 2.48. The maximum atomic E-state index is 3.30. The zero-order valence-corrected chi connectivity index (χ0v) is 13.2. The van der Waals surface area contributed by atoms with Crippen LogP contribution in [0.5, 0.6) is 0 Å². The lowest BCUT2D eigenvalue weighted by molar-refractivity contribution is 1.39. The summed E-state index contributed by atoms with van der Waals surface area (Å²) in [6.07, 6.45) is 8.01. The molecule has 104 valence electrons. The SMILES string of the molecule is CSc1ccccc1N/C=C/Nc1ccccc1SC. The zero-order chi connectivity index (χ0) is 14.2. The van der Waals surface area contributed by atoms with Gasteiger partial charge < -0.3 is 10.6 Å². The van der Waals surface area contributed by atoms with Crippen molar-refractivity contribution in [3.8, 4) is 0 Å². The minimum atomic E-state index is 1.12. The molecule has 0 aliphatic carbocycles. The standard InChI is InChI=1S/C16H18N2S2/c1-19-15-9-5-3-7-13(15)17-11-12-18-14-8-4-6-10-16(14)20-2/h3-12,17-18H,1-2H3/b12-11+. The lowest BCUT2D eigenvalue weighted by Gasteiger charge is -2.08. The Balaban J connectivity index is 1.97. The fourth-order valence-electron chi connectivity index (χ4n) is 1.79. The Morgan fingerprint density at radius 2 is 1.10 bits per heavy atom. The van der Waals surface area contributed by atoms with Crippen LogP contribution < -0.4 is 10.6 Å². The Hall–Kier alpha value is -1.52. The third-order valence-electron chi connectivity index (χ3n) is 2.77. The molecule has 0 saturated carbocycles. The summed E-state index contributed by atoms with van der Waals surface area (Å²) >= 11 is 3.47. The maximum Gasteiger partial charge on any atom is 0.0518 e. The van der Waals surface area contributed by atoms with Gasteiger partial charge in [-0.1, -0.05) is 24.3 Å². The molecule has 0 unspecified atom stereocenters. The first-order valence-corrected chi connectivity index (χ1v) is 8.74. The summed E-state index contributed by atoms with van der Waals surface area (Å²) in [5.74, 6) is 0. The Morgan fingerprint density at radius 3 is 1.50 bits per heavy atom. The highest BCUT2D eigenvalue weighted by molar-refractivity contribution is 7.99. The minimum absolute atomic E-state index is 1.12. The molecule has 0 aliphatic rings. The van der Waals surface area contributed by atoms with E-state index in [1.54, 1.807) is 23.5 Å². The average molecular weight is 302 g/mol. The van der Waals surface area contributed by atoms with Crippen LogP contribution >= 0.6 is 23.5 Å². The highest BCUT2D eigenvalue weighted by atomic mass is 32.2. The monoisotopic (exact) mass is 302 g/mol. The van der Waals surface area contributed by atoms with Crippen molar-refractivity contribution >= 4 is 34.9 Å². The average Bonchev–Trinajstić information content (AvgIpc) is 2.52. The van der Waals surface area contributed by atoms with Gasteiger partial charge in [0.25, 0.3) is 0 Å². The summed E-state index contributed by atoms with van der Waals surface area (Å²) in [5, 5.41) is 6.60. The van der Waals surface area contributed by atoms with Crippen LogP contribution in [0.3, 0.4) is 0 Å². The molecule has 0 fully saturated rings. The van der Waals surface area contributed by atoms with Gasteiger partial charge in [0, 0.05) is 22.2 Å². The van der Waals surface area contributed by atoms with E-state index in [9.17, 15) is 0 Å². The van der Waals surface area contributed by atoms with Crippen LogP contribution in [0.25, 0.3) is 0 Å². The lowest BCUT2D eigenvalue weighted by atomic mass is 10.3. The first-order valence-electron chi connectivity index (χ1n) is 6.29. The van der Waals surface area contributed by atoms with Gasteiger partial charge in [-0.05, 0) is 36.8 Å². The molecule has 0 aromatic heterocycles. The smallest absolute Gasteiger partial charge is 0.0518 e. The van der Waals surface area contributed by atoms with Gasteiger partial charge in [0.15, 0.2) is 0 Å². The molecule has 0 amide bonds. The van der Waals surface area contributed by atoms with Crippen molar-refractivity contribution in [2.75, 3.05) is 23.1 Å². The fourth-order valence-corrected chi connectivity index (χ4v) is 2.91. The minimum Gasteiger partial charge on any atom is -0.359 e. The first kappa shape index (κ1) is 14.9. The molecule has 0 spiro atoms. The van der Waals surface area contributed by atoms with Crippen molar-refractivity contribution in [2.45, 2.75) is 9.79 Å². The topological polar surface area (TPSA) is 24.1 Å². The van der Waals surface area contributed by atoms with Crippen molar-refractivity contribution < 1.29 is 0 Å². The van der Waals surface area contributed by atoms with Crippen LogP contribution in [0.15, 0.2) is 70.7 Å². The fraction of sp³-hybridized carbons (Fsp3) is 0.125. The van der Waals surface area contributed by atoms with Crippen molar-refractivity contribution in [1.82, 2.24) is 0 Å². The number of thioether (sulfide) groups is 2. The van der Waals surface area contributed by atoms with E-state index < -0.39 is 0 Å². The van der Waals surface area contributed by atoms with Gasteiger partial charge in [-0.3, -0.25) is 0 Å². The van der Waals surface area contributed by atoms with Crippen LogP contribution in [0.1, 0.15) is 0 Å². The third-order valence-corrected chi connectivity index (χ3v) is 4.37. The normalized spacial score (nSPS) is 10.7. The van der Waals surface area contributed by atoms with E-state index in [1.165, 1.54) is 9.79 Å². The molecule has 2 aromatic rings. The molecular weight excluding hydrogens is 284 g/mol. The van der Waals surface area contributed by atoms with Gasteiger partial charge in [-0.25, -0.2) is 0 Å². The van der Waals surface area contributed by atoms with E-state index >= 15 is 0 Å². The van der Waals surface area contributed by atoms with E-state index in [-0.39, 0.29) is 0 Å². The van der Waals surface area contributed by atoms with Crippen LogP contribution in [-0.2, 0) is 0 Å². The van der Waals surface area contributed by atoms with Crippen molar-refractivity contribution in [3.05, 3.63) is 60.9 Å². The molecule has 0 bridgehead atoms. The number of nitrogens with one attached hydrogen (secondary N) is 2. The second-order valence-electron chi connectivity index (χ2n) is 4.02. The Kier molecular flexibility index (Phi) is 5.89. The van der Waals surface area contributed by atoms with E-state index in [1.807, 2.05) is 36.7 Å². The predicted octanol–water partition coefficient (Wildman–Crippen LogP) is 5.13. The van der Waals surface area contributed by atoms with Crippen molar-refractivity contribution in [1.29, 1.82) is 0 Å². The molecule has 4 heteroatoms. The van der Waals surface area contributed by atoms with Crippen molar-refractivity contribution in [3.63, 3.8) is 0 Å². The molecule has 0 atom stereocenters. The third kappa shape index (κ3) is 3.99. The molecular formula is C16H18N2S2. The number of para-hydroxylation sites is 2. The molecule has 0 heterocycles. The van der Waals surface area contributed by atoms with Gasteiger partial charge in [0.1, 0.15) is 0 Å². The molecule has 2 N–H and O–H groups in total. The summed E-state index contributed by atoms with van der Waals surface area (Å²) < 4.78 is 0. The summed E-state index contributed by atoms with van der Waals surface area (Å²) in [6, 6.07) is 16.5. The van der Waals surface area contributed by atoms with E-state index in [0.717, 1.165) is 11.4 Å². The summed E-state index contributed by atoms with van der Waals surface area (Å²) in [6.45, 7) is 0. The summed E-state index contributed by atoms with van der Waals surface area (Å²) in [7, 11) is 0. The second-order valence-corrected chi connectivity index (χ2v) is 5.72. The van der Waals surface area contributed by atoms with Gasteiger partial charge in [-0.2, -0.15) is 0 Å². The first-order chi connectivity index (χ1) is 9.85. The molecule has 0 saturated heterocycles. The number of rotatable bonds is 6. The van der Waals surface area contributed by atoms with Gasteiger partial charge in [0.05, 0.1) is 11.4 Å². The van der Waals surface area contributed by atoms with Crippen LogP contribution in [0.4, 0.5) is 11.4 Å². The predicted molar refractivity (Wildman–Crippen MR) is 92.8 cm³/mol. The molecule has 2 rings (SSSR count). The highest BCUT2D eigenvalue weighted by Crippen LogP contribution is 2.25. The van der Waals surface area contributed by atoms with Gasteiger partial charge >= 0.3 is 0 Å². The molecule has 2 aromatic carbocycles. The van der Waals surface area contributed by atoms with Crippen LogP contribution in [0.2, 0.25) is 0 Å². The van der Waals surface area contributed by atoms with E-state index in [0.29, 0.717) is 0 Å². The number of hydrogen-bond acceptors (Lipinski definition) is 4. The molecule has 0 aliphatic heterocycles. The van der Waals surface area contributed by atoms with Crippen molar-refractivity contribution in [2.24, 2.45) is 0 Å².